The van der Waals surface area contributed by atoms with Gasteiger partial charge in [-0.2, -0.15) is 0 Å². The van der Waals surface area contributed by atoms with Gasteiger partial charge in [-0.25, -0.2) is 4.98 Å². The number of aryl methyl sites for hydroxylation is 1. The summed E-state index contributed by atoms with van der Waals surface area (Å²) in [7, 11) is 1.92. The van der Waals surface area contributed by atoms with Gasteiger partial charge in [0.2, 0.25) is 0 Å². The summed E-state index contributed by atoms with van der Waals surface area (Å²) in [5.41, 5.74) is 8.74. The molecule has 7 nitrogen and oxygen atoms in total. The van der Waals surface area contributed by atoms with Gasteiger partial charge in [-0.15, -0.1) is 0 Å². The molecule has 0 saturated heterocycles. The van der Waals surface area contributed by atoms with E-state index in [1.807, 2.05) is 61.7 Å². The highest BCUT2D eigenvalue weighted by molar-refractivity contribution is 5.95. The van der Waals surface area contributed by atoms with E-state index >= 15 is 0 Å². The van der Waals surface area contributed by atoms with E-state index in [1.54, 1.807) is 0 Å². The van der Waals surface area contributed by atoms with Gasteiger partial charge in [0.1, 0.15) is 12.4 Å². The number of H-pyrrole nitrogens is 1. The summed E-state index contributed by atoms with van der Waals surface area (Å²) in [6.07, 6.45) is 5.67. The van der Waals surface area contributed by atoms with Crippen molar-refractivity contribution in [1.29, 1.82) is 0 Å². The molecular formula is C29H27N5O2. The smallest absolute Gasteiger partial charge is 0.303 e. The zero-order chi connectivity index (χ0) is 25.1. The van der Waals surface area contributed by atoms with Crippen molar-refractivity contribution < 1.29 is 9.53 Å². The summed E-state index contributed by atoms with van der Waals surface area (Å²) in [6.45, 7) is 4.35. The Morgan fingerprint density at radius 1 is 0.944 bits per heavy atom. The number of hydrogen-bond acceptors (Lipinski definition) is 6. The second-order valence-electron chi connectivity index (χ2n) is 8.90. The first kappa shape index (κ1) is 23.4. The van der Waals surface area contributed by atoms with Gasteiger partial charge in [-0.3, -0.25) is 19.7 Å². The predicted octanol–water partition coefficient (Wildman–Crippen LogP) is 5.61. The summed E-state index contributed by atoms with van der Waals surface area (Å²) >= 11 is 0. The van der Waals surface area contributed by atoms with Crippen LogP contribution in [0, 0.1) is 6.92 Å². The summed E-state index contributed by atoms with van der Waals surface area (Å²) in [5, 5.41) is 1.04. The van der Waals surface area contributed by atoms with Crippen LogP contribution >= 0.6 is 0 Å². The van der Waals surface area contributed by atoms with Crippen molar-refractivity contribution in [3.8, 4) is 33.6 Å². The maximum atomic E-state index is 11.0. The number of rotatable bonds is 7. The van der Waals surface area contributed by atoms with Crippen molar-refractivity contribution in [2.75, 3.05) is 13.8 Å². The molecule has 1 aromatic carbocycles. The van der Waals surface area contributed by atoms with Crippen LogP contribution < -0.4 is 0 Å². The van der Waals surface area contributed by atoms with Crippen molar-refractivity contribution in [3.05, 3.63) is 90.5 Å². The Balaban J connectivity index is 1.45. The second-order valence-corrected chi connectivity index (χ2v) is 8.90. The average molecular weight is 478 g/mol. The lowest BCUT2D eigenvalue weighted by molar-refractivity contribution is -0.145. The molecule has 0 atom stereocenters. The number of nitrogens with one attached hydrogen (secondary N) is 1. The number of hydrogen-bond donors (Lipinski definition) is 1. The number of esters is 1. The van der Waals surface area contributed by atoms with Crippen LogP contribution in [-0.4, -0.2) is 44.6 Å². The summed E-state index contributed by atoms with van der Waals surface area (Å²) in [5.74, 6) is -0.280. The largest absolute Gasteiger partial charge is 0.450 e. The van der Waals surface area contributed by atoms with Crippen molar-refractivity contribution in [2.24, 2.45) is 0 Å². The van der Waals surface area contributed by atoms with E-state index < -0.39 is 0 Å². The van der Waals surface area contributed by atoms with Gasteiger partial charge in [0.15, 0.2) is 0 Å². The van der Waals surface area contributed by atoms with E-state index in [0.29, 0.717) is 6.54 Å². The van der Waals surface area contributed by atoms with Gasteiger partial charge in [0, 0.05) is 54.3 Å². The maximum Gasteiger partial charge on any atom is 0.303 e. The minimum Gasteiger partial charge on any atom is -0.450 e. The molecule has 0 saturated carbocycles. The summed E-state index contributed by atoms with van der Waals surface area (Å²) in [6, 6.07) is 20.6. The van der Waals surface area contributed by atoms with Crippen LogP contribution in [0.25, 0.3) is 44.7 Å². The molecule has 0 unspecified atom stereocenters. The lowest BCUT2D eigenvalue weighted by atomic mass is 9.99. The fourth-order valence-corrected chi connectivity index (χ4v) is 4.20. The molecule has 7 heteroatoms. The molecule has 4 aromatic heterocycles. The number of aromatic amines is 1. The third-order valence-electron chi connectivity index (χ3n) is 5.96. The van der Waals surface area contributed by atoms with E-state index in [0.717, 1.165) is 55.9 Å². The molecule has 5 rings (SSSR count). The van der Waals surface area contributed by atoms with Gasteiger partial charge in [-0.1, -0.05) is 30.3 Å². The van der Waals surface area contributed by atoms with Gasteiger partial charge in [0.25, 0.3) is 0 Å². The van der Waals surface area contributed by atoms with Crippen LogP contribution in [0.2, 0.25) is 0 Å². The topological polar surface area (TPSA) is 84.0 Å². The number of pyridine rings is 3. The van der Waals surface area contributed by atoms with Crippen LogP contribution in [0.3, 0.4) is 0 Å². The third kappa shape index (κ3) is 5.16. The second kappa shape index (κ2) is 10.1. The SMILES string of the molecule is CC(=O)OCN(C)Cc1ccc(-c2cncc(-c3cc(-c4cccc(C)n4)nc4[nH]ccc34)c2)cc1. The molecule has 0 aliphatic carbocycles. The normalized spacial score (nSPS) is 11.2. The average Bonchev–Trinajstić information content (AvgIpc) is 3.36. The van der Waals surface area contributed by atoms with E-state index in [2.05, 4.69) is 51.4 Å². The zero-order valence-electron chi connectivity index (χ0n) is 20.5. The number of ether oxygens (including phenoxy) is 1. The number of fused-ring (bicyclic) bond motifs is 1. The molecule has 36 heavy (non-hydrogen) atoms. The quantitative estimate of drug-likeness (QED) is 0.242. The molecule has 4 heterocycles. The number of benzene rings is 1. The van der Waals surface area contributed by atoms with Crippen molar-refractivity contribution in [1.82, 2.24) is 24.8 Å². The van der Waals surface area contributed by atoms with Crippen LogP contribution in [-0.2, 0) is 16.1 Å². The van der Waals surface area contributed by atoms with Gasteiger partial charge in [0.05, 0.1) is 11.4 Å². The monoisotopic (exact) mass is 477 g/mol. The highest BCUT2D eigenvalue weighted by Crippen LogP contribution is 2.33. The van der Waals surface area contributed by atoms with Crippen LogP contribution in [0.5, 0.6) is 0 Å². The first-order chi connectivity index (χ1) is 17.5. The molecule has 0 aliphatic rings. The Labute approximate surface area is 209 Å². The van der Waals surface area contributed by atoms with E-state index in [1.165, 1.54) is 6.92 Å². The van der Waals surface area contributed by atoms with Gasteiger partial charge < -0.3 is 9.72 Å². The van der Waals surface area contributed by atoms with Crippen molar-refractivity contribution >= 4 is 17.0 Å². The molecule has 180 valence electrons. The Morgan fingerprint density at radius 3 is 2.53 bits per heavy atom. The molecule has 0 radical (unpaired) electrons. The fourth-order valence-electron chi connectivity index (χ4n) is 4.20. The highest BCUT2D eigenvalue weighted by Gasteiger charge is 2.13. The van der Waals surface area contributed by atoms with Crippen LogP contribution in [0.1, 0.15) is 18.2 Å². The standard InChI is InChI=1S/C29H27N5O2/c1-19-5-4-6-27(32-19)28-14-26(25-11-12-31-29(25)33-28)24-13-23(15-30-16-24)22-9-7-21(8-10-22)17-34(3)18-36-20(2)35/h4-16H,17-18H2,1-3H3,(H,31,33). The molecule has 0 aliphatic heterocycles. The fraction of sp³-hybridized carbons (Fsp3) is 0.172. The summed E-state index contributed by atoms with van der Waals surface area (Å²) < 4.78 is 5.06. The Hall–Kier alpha value is -4.36. The molecule has 0 amide bonds. The summed E-state index contributed by atoms with van der Waals surface area (Å²) in [4.78, 5) is 30.2. The zero-order valence-corrected chi connectivity index (χ0v) is 20.5. The van der Waals surface area contributed by atoms with Gasteiger partial charge in [-0.05, 0) is 61.0 Å². The first-order valence-electron chi connectivity index (χ1n) is 11.7. The number of carbonyl (C=O) groups is 1. The molecular weight excluding hydrogens is 450 g/mol. The van der Waals surface area contributed by atoms with E-state index in [9.17, 15) is 4.79 Å². The molecule has 0 fully saturated rings. The van der Waals surface area contributed by atoms with Crippen LogP contribution in [0.4, 0.5) is 0 Å². The van der Waals surface area contributed by atoms with E-state index in [-0.39, 0.29) is 12.7 Å². The van der Waals surface area contributed by atoms with Crippen molar-refractivity contribution in [3.63, 3.8) is 0 Å². The highest BCUT2D eigenvalue weighted by atomic mass is 16.5. The number of carbonyl (C=O) groups excluding carboxylic acids is 1. The molecule has 5 aromatic rings. The minimum absolute atomic E-state index is 0.267. The van der Waals surface area contributed by atoms with E-state index in [4.69, 9.17) is 9.72 Å². The van der Waals surface area contributed by atoms with Crippen molar-refractivity contribution in [2.45, 2.75) is 20.4 Å². The maximum absolute atomic E-state index is 11.0. The van der Waals surface area contributed by atoms with Crippen LogP contribution in [0.15, 0.2) is 79.3 Å². The Bertz CT molecular complexity index is 1520. The third-order valence-corrected chi connectivity index (χ3v) is 5.96. The lowest BCUT2D eigenvalue weighted by Crippen LogP contribution is -2.22. The number of aromatic nitrogens is 4. The first-order valence-corrected chi connectivity index (χ1v) is 11.7. The molecule has 0 spiro atoms. The Kier molecular flexibility index (Phi) is 6.56. The Morgan fingerprint density at radius 2 is 1.75 bits per heavy atom. The number of nitrogens with zero attached hydrogens (tertiary/aromatic N) is 4. The van der Waals surface area contributed by atoms with Gasteiger partial charge >= 0.3 is 5.97 Å². The minimum atomic E-state index is -0.280. The predicted molar refractivity (Wildman–Crippen MR) is 141 cm³/mol. The molecule has 0 bridgehead atoms. The molecule has 1 N–H and O–H groups in total. The lowest BCUT2D eigenvalue weighted by Gasteiger charge is -2.16.